The molecular weight excluding hydrogens is 673 g/mol. The molecule has 6 nitrogen and oxygen atoms in total. The maximum atomic E-state index is 10.3. The molecule has 0 aromatic heterocycles. The summed E-state index contributed by atoms with van der Waals surface area (Å²) in [6.45, 7) is 6.78. The Labute approximate surface area is 337 Å². The SMILES string of the molecule is CCCCCCCCCCCC(O)O.CCCCCCCCCCCCCCCCCC(=O)O.CCCCCCCCCCCCCCCCCC(=O)O. The second kappa shape index (κ2) is 54.0. The van der Waals surface area contributed by atoms with Gasteiger partial charge in [0.1, 0.15) is 0 Å². The third-order valence-corrected chi connectivity index (χ3v) is 10.6. The normalized spacial score (nSPS) is 10.9. The molecule has 0 aliphatic heterocycles. The number of carbonyl (C=O) groups is 2. The van der Waals surface area contributed by atoms with Crippen molar-refractivity contribution in [1.29, 1.82) is 0 Å². The molecule has 0 fully saturated rings. The van der Waals surface area contributed by atoms with Crippen molar-refractivity contribution >= 4 is 11.9 Å². The van der Waals surface area contributed by atoms with E-state index in [0.717, 1.165) is 38.5 Å². The van der Waals surface area contributed by atoms with Crippen LogP contribution in [0.4, 0.5) is 0 Å². The van der Waals surface area contributed by atoms with Crippen molar-refractivity contribution in [3.63, 3.8) is 0 Å². The number of hydrogen-bond donors (Lipinski definition) is 4. The van der Waals surface area contributed by atoms with Crippen LogP contribution in [0.3, 0.4) is 0 Å². The van der Waals surface area contributed by atoms with Crippen LogP contribution in [-0.4, -0.2) is 38.7 Å². The molecule has 0 aliphatic rings. The van der Waals surface area contributed by atoms with Gasteiger partial charge in [-0.05, 0) is 25.7 Å². The van der Waals surface area contributed by atoms with E-state index in [1.165, 1.54) is 212 Å². The molecule has 0 amide bonds. The van der Waals surface area contributed by atoms with Crippen LogP contribution >= 0.6 is 0 Å². The molecule has 0 rings (SSSR count). The highest BCUT2D eigenvalue weighted by atomic mass is 16.5. The fraction of sp³-hybridized carbons (Fsp3) is 0.958. The van der Waals surface area contributed by atoms with Crippen molar-refractivity contribution in [3.05, 3.63) is 0 Å². The van der Waals surface area contributed by atoms with Gasteiger partial charge in [-0.3, -0.25) is 9.59 Å². The number of hydrogen-bond acceptors (Lipinski definition) is 4. The zero-order valence-corrected chi connectivity index (χ0v) is 36.9. The standard InChI is InChI=1S/2C18H36O2.C12H26O2/c2*1-2-3-4-5-6-7-8-9-10-11-12-13-14-15-16-17-18(19)20;1-2-3-4-5-6-7-8-9-10-11-12(13)14/h2*2-17H2,1H3,(H,19,20);12-14H,2-11H2,1H3. The highest BCUT2D eigenvalue weighted by molar-refractivity contribution is 5.66. The fourth-order valence-electron chi connectivity index (χ4n) is 6.93. The van der Waals surface area contributed by atoms with Gasteiger partial charge in [0.2, 0.25) is 0 Å². The van der Waals surface area contributed by atoms with Gasteiger partial charge < -0.3 is 20.4 Å². The molecule has 4 N–H and O–H groups in total. The Hall–Kier alpha value is -1.14. The molecule has 326 valence electrons. The Bertz CT molecular complexity index is 638. The molecular formula is C48H98O6. The van der Waals surface area contributed by atoms with Gasteiger partial charge in [0.05, 0.1) is 0 Å². The van der Waals surface area contributed by atoms with Gasteiger partial charge in [-0.15, -0.1) is 0 Å². The molecule has 0 bridgehead atoms. The van der Waals surface area contributed by atoms with Crippen LogP contribution in [0, 0.1) is 0 Å². The Morgan fingerprint density at radius 3 is 0.630 bits per heavy atom. The molecule has 0 heterocycles. The van der Waals surface area contributed by atoms with Crippen LogP contribution in [0.2, 0.25) is 0 Å². The van der Waals surface area contributed by atoms with E-state index in [4.69, 9.17) is 20.4 Å². The Balaban J connectivity index is -0.000000736. The van der Waals surface area contributed by atoms with Crippen LogP contribution in [0.15, 0.2) is 0 Å². The van der Waals surface area contributed by atoms with Gasteiger partial charge in [0, 0.05) is 12.8 Å². The summed E-state index contributed by atoms with van der Waals surface area (Å²) in [4.78, 5) is 20.7. The third-order valence-electron chi connectivity index (χ3n) is 10.6. The minimum atomic E-state index is -1.10. The van der Waals surface area contributed by atoms with Crippen molar-refractivity contribution in [2.45, 2.75) is 297 Å². The average molecular weight is 771 g/mol. The quantitative estimate of drug-likeness (QED) is 0.0363. The lowest BCUT2D eigenvalue weighted by Crippen LogP contribution is -2.02. The van der Waals surface area contributed by atoms with Crippen molar-refractivity contribution < 1.29 is 30.0 Å². The Morgan fingerprint density at radius 1 is 0.296 bits per heavy atom. The van der Waals surface area contributed by atoms with E-state index in [2.05, 4.69) is 20.8 Å². The lowest BCUT2D eigenvalue weighted by Gasteiger charge is -2.03. The van der Waals surface area contributed by atoms with E-state index >= 15 is 0 Å². The number of aliphatic hydroxyl groups is 2. The lowest BCUT2D eigenvalue weighted by atomic mass is 10.0. The van der Waals surface area contributed by atoms with Gasteiger partial charge in [-0.25, -0.2) is 0 Å². The summed E-state index contributed by atoms with van der Waals surface area (Å²) in [5.74, 6) is -1.31. The number of unbranched alkanes of at least 4 members (excludes halogenated alkanes) is 36. The first-order chi connectivity index (χ1) is 26.3. The highest BCUT2D eigenvalue weighted by Crippen LogP contribution is 2.15. The molecule has 0 atom stereocenters. The largest absolute Gasteiger partial charge is 0.481 e. The molecule has 0 saturated heterocycles. The van der Waals surface area contributed by atoms with Crippen molar-refractivity contribution in [2.24, 2.45) is 0 Å². The van der Waals surface area contributed by atoms with E-state index in [0.29, 0.717) is 19.3 Å². The van der Waals surface area contributed by atoms with Crippen LogP contribution < -0.4 is 0 Å². The predicted octanol–water partition coefficient (Wildman–Crippen LogP) is 15.9. The highest BCUT2D eigenvalue weighted by Gasteiger charge is 1.99. The van der Waals surface area contributed by atoms with E-state index in [9.17, 15) is 9.59 Å². The minimum Gasteiger partial charge on any atom is -0.481 e. The first-order valence-electron chi connectivity index (χ1n) is 24.1. The van der Waals surface area contributed by atoms with Crippen molar-refractivity contribution in [2.75, 3.05) is 0 Å². The van der Waals surface area contributed by atoms with E-state index in [-0.39, 0.29) is 0 Å². The van der Waals surface area contributed by atoms with E-state index in [1.54, 1.807) is 0 Å². The molecule has 54 heavy (non-hydrogen) atoms. The van der Waals surface area contributed by atoms with Crippen LogP contribution in [0.1, 0.15) is 290 Å². The number of carboxylic acid groups (broad SMARTS) is 2. The summed E-state index contributed by atoms with van der Waals surface area (Å²) in [5, 5.41) is 34.3. The zero-order chi connectivity index (χ0) is 40.4. The molecule has 0 unspecified atom stereocenters. The summed E-state index contributed by atoms with van der Waals surface area (Å²) >= 11 is 0. The van der Waals surface area contributed by atoms with Crippen molar-refractivity contribution in [1.82, 2.24) is 0 Å². The Morgan fingerprint density at radius 2 is 0.463 bits per heavy atom. The second-order valence-electron chi connectivity index (χ2n) is 16.3. The van der Waals surface area contributed by atoms with Gasteiger partial charge in [-0.2, -0.15) is 0 Å². The topological polar surface area (TPSA) is 115 Å². The number of rotatable bonds is 42. The predicted molar refractivity (Wildman–Crippen MR) is 234 cm³/mol. The molecule has 0 saturated carbocycles. The number of aliphatic hydroxyl groups excluding tert-OH is 1. The van der Waals surface area contributed by atoms with Crippen LogP contribution in [0.25, 0.3) is 0 Å². The molecule has 0 radical (unpaired) electrons. The summed E-state index contributed by atoms with van der Waals surface area (Å²) in [6, 6.07) is 0. The maximum Gasteiger partial charge on any atom is 0.303 e. The van der Waals surface area contributed by atoms with Crippen LogP contribution in [-0.2, 0) is 9.59 Å². The lowest BCUT2D eigenvalue weighted by molar-refractivity contribution is -0.138. The Kier molecular flexibility index (Phi) is 57.1. The second-order valence-corrected chi connectivity index (χ2v) is 16.3. The average Bonchev–Trinajstić information content (AvgIpc) is 3.14. The number of aliphatic carboxylic acids is 2. The molecule has 6 heteroatoms. The first-order valence-corrected chi connectivity index (χ1v) is 24.1. The minimum absolute atomic E-state index is 0.345. The summed E-state index contributed by atoms with van der Waals surface area (Å²) < 4.78 is 0. The zero-order valence-electron chi connectivity index (χ0n) is 36.9. The third kappa shape index (κ3) is 65.7. The summed E-state index contributed by atoms with van der Waals surface area (Å²) in [6.07, 6.45) is 51.3. The van der Waals surface area contributed by atoms with Crippen molar-refractivity contribution in [3.8, 4) is 0 Å². The molecule has 0 aliphatic carbocycles. The summed E-state index contributed by atoms with van der Waals surface area (Å²) in [7, 11) is 0. The summed E-state index contributed by atoms with van der Waals surface area (Å²) in [5.41, 5.74) is 0. The molecule has 0 aromatic carbocycles. The van der Waals surface area contributed by atoms with E-state index in [1.807, 2.05) is 0 Å². The van der Waals surface area contributed by atoms with Gasteiger partial charge in [-0.1, -0.05) is 252 Å². The maximum absolute atomic E-state index is 10.3. The smallest absolute Gasteiger partial charge is 0.303 e. The van der Waals surface area contributed by atoms with E-state index < -0.39 is 18.2 Å². The number of carboxylic acids is 2. The van der Waals surface area contributed by atoms with Gasteiger partial charge >= 0.3 is 11.9 Å². The van der Waals surface area contributed by atoms with Crippen LogP contribution in [0.5, 0.6) is 0 Å². The molecule has 0 aromatic rings. The fourth-order valence-corrected chi connectivity index (χ4v) is 6.93. The molecule has 0 spiro atoms. The van der Waals surface area contributed by atoms with Gasteiger partial charge in [0.25, 0.3) is 0 Å². The van der Waals surface area contributed by atoms with Gasteiger partial charge in [0.15, 0.2) is 6.29 Å². The monoisotopic (exact) mass is 771 g/mol. The first kappa shape index (κ1) is 57.2.